The fraction of sp³-hybridized carbons (Fsp3) is 0.526. The van der Waals surface area contributed by atoms with Crippen molar-refractivity contribution < 1.29 is 9.47 Å². The van der Waals surface area contributed by atoms with Crippen molar-refractivity contribution in [2.24, 2.45) is 0 Å². The lowest BCUT2D eigenvalue weighted by atomic mass is 10.1. The quantitative estimate of drug-likeness (QED) is 0.837. The molecule has 1 aromatic carbocycles. The van der Waals surface area contributed by atoms with E-state index in [4.69, 9.17) is 9.47 Å². The highest BCUT2D eigenvalue weighted by Gasteiger charge is 2.14. The highest BCUT2D eigenvalue weighted by atomic mass is 16.5. The van der Waals surface area contributed by atoms with Crippen LogP contribution in [0.25, 0.3) is 0 Å². The standard InChI is InChI=1S/C19H28N4O2/c1-4-23-15(2)11-19(21-23)20-13-16-5-6-18(24-3)17(12-16)14-22-7-9-25-10-8-22/h5-6,11-12H,4,7-10,13-14H2,1-3H3,(H,20,21). The molecule has 6 nitrogen and oxygen atoms in total. The minimum absolute atomic E-state index is 0.750. The molecule has 25 heavy (non-hydrogen) atoms. The topological polar surface area (TPSA) is 51.5 Å². The summed E-state index contributed by atoms with van der Waals surface area (Å²) in [7, 11) is 1.73. The molecule has 0 amide bonds. The van der Waals surface area contributed by atoms with E-state index in [9.17, 15) is 0 Å². The summed E-state index contributed by atoms with van der Waals surface area (Å²) in [5.41, 5.74) is 3.62. The van der Waals surface area contributed by atoms with Crippen molar-refractivity contribution in [1.82, 2.24) is 14.7 Å². The summed E-state index contributed by atoms with van der Waals surface area (Å²) in [4.78, 5) is 2.41. The van der Waals surface area contributed by atoms with Crippen molar-refractivity contribution >= 4 is 5.82 Å². The predicted molar refractivity (Wildman–Crippen MR) is 99.1 cm³/mol. The second-order valence-corrected chi connectivity index (χ2v) is 6.37. The molecule has 0 bridgehead atoms. The van der Waals surface area contributed by atoms with Crippen molar-refractivity contribution in [2.45, 2.75) is 33.5 Å². The lowest BCUT2D eigenvalue weighted by Gasteiger charge is -2.27. The molecular weight excluding hydrogens is 316 g/mol. The van der Waals surface area contributed by atoms with Crippen molar-refractivity contribution in [2.75, 3.05) is 38.7 Å². The summed E-state index contributed by atoms with van der Waals surface area (Å²) >= 11 is 0. The van der Waals surface area contributed by atoms with Crippen LogP contribution in [0, 0.1) is 6.92 Å². The molecule has 1 saturated heterocycles. The summed E-state index contributed by atoms with van der Waals surface area (Å²) in [6.45, 7) is 10.3. The van der Waals surface area contributed by atoms with E-state index in [1.807, 2.05) is 4.68 Å². The molecule has 0 saturated carbocycles. The smallest absolute Gasteiger partial charge is 0.148 e. The Kier molecular flexibility index (Phi) is 5.94. The van der Waals surface area contributed by atoms with Crippen LogP contribution in [0.4, 0.5) is 5.82 Å². The monoisotopic (exact) mass is 344 g/mol. The molecule has 1 aliphatic rings. The van der Waals surface area contributed by atoms with Gasteiger partial charge in [0.1, 0.15) is 11.6 Å². The number of morpholine rings is 1. The highest BCUT2D eigenvalue weighted by Crippen LogP contribution is 2.23. The number of methoxy groups -OCH3 is 1. The average Bonchev–Trinajstić information content (AvgIpc) is 3.01. The van der Waals surface area contributed by atoms with Crippen LogP contribution in [0.15, 0.2) is 24.3 Å². The third kappa shape index (κ3) is 4.52. The summed E-state index contributed by atoms with van der Waals surface area (Å²) in [5.74, 6) is 1.87. The van der Waals surface area contributed by atoms with E-state index < -0.39 is 0 Å². The molecule has 2 heterocycles. The minimum atomic E-state index is 0.750. The van der Waals surface area contributed by atoms with Crippen molar-refractivity contribution in [3.8, 4) is 5.75 Å². The molecule has 1 aromatic heterocycles. The Morgan fingerprint density at radius 2 is 2.04 bits per heavy atom. The van der Waals surface area contributed by atoms with Gasteiger partial charge in [0.05, 0.1) is 20.3 Å². The predicted octanol–water partition coefficient (Wildman–Crippen LogP) is 2.66. The van der Waals surface area contributed by atoms with Gasteiger partial charge in [-0.2, -0.15) is 5.10 Å². The summed E-state index contributed by atoms with van der Waals surface area (Å²) in [5, 5.41) is 7.97. The van der Waals surface area contributed by atoms with Crippen LogP contribution in [-0.4, -0.2) is 48.1 Å². The van der Waals surface area contributed by atoms with Crippen LogP contribution in [0.5, 0.6) is 5.75 Å². The van der Waals surface area contributed by atoms with E-state index in [0.29, 0.717) is 0 Å². The van der Waals surface area contributed by atoms with Crippen LogP contribution < -0.4 is 10.1 Å². The van der Waals surface area contributed by atoms with Crippen LogP contribution >= 0.6 is 0 Å². The van der Waals surface area contributed by atoms with Crippen molar-refractivity contribution in [1.29, 1.82) is 0 Å². The van der Waals surface area contributed by atoms with E-state index in [1.54, 1.807) is 7.11 Å². The van der Waals surface area contributed by atoms with Crippen molar-refractivity contribution in [3.63, 3.8) is 0 Å². The van der Waals surface area contributed by atoms with Crippen LogP contribution in [-0.2, 0) is 24.4 Å². The number of aromatic nitrogens is 2. The number of ether oxygens (including phenoxy) is 2. The molecule has 1 N–H and O–H groups in total. The van der Waals surface area contributed by atoms with E-state index >= 15 is 0 Å². The van der Waals surface area contributed by atoms with Gasteiger partial charge in [0, 0.05) is 50.0 Å². The van der Waals surface area contributed by atoms with Gasteiger partial charge in [0.25, 0.3) is 0 Å². The van der Waals surface area contributed by atoms with Crippen LogP contribution in [0.3, 0.4) is 0 Å². The minimum Gasteiger partial charge on any atom is -0.496 e. The number of anilines is 1. The second kappa shape index (κ2) is 8.36. The molecule has 0 atom stereocenters. The normalized spacial score (nSPS) is 15.3. The van der Waals surface area contributed by atoms with Gasteiger partial charge in [-0.05, 0) is 31.5 Å². The van der Waals surface area contributed by atoms with Crippen molar-refractivity contribution in [3.05, 3.63) is 41.1 Å². The molecule has 1 fully saturated rings. The van der Waals surface area contributed by atoms with E-state index in [0.717, 1.165) is 57.5 Å². The first-order chi connectivity index (χ1) is 12.2. The largest absolute Gasteiger partial charge is 0.496 e. The molecule has 0 radical (unpaired) electrons. The maximum atomic E-state index is 5.54. The zero-order valence-corrected chi connectivity index (χ0v) is 15.4. The molecular formula is C19H28N4O2. The summed E-state index contributed by atoms with van der Waals surface area (Å²) in [6, 6.07) is 8.48. The Morgan fingerprint density at radius 1 is 1.24 bits per heavy atom. The zero-order chi connectivity index (χ0) is 17.6. The lowest BCUT2D eigenvalue weighted by molar-refractivity contribution is 0.0339. The third-order valence-corrected chi connectivity index (χ3v) is 4.60. The van der Waals surface area contributed by atoms with Gasteiger partial charge in [0.15, 0.2) is 0 Å². The van der Waals surface area contributed by atoms with Gasteiger partial charge in [0.2, 0.25) is 0 Å². The maximum absolute atomic E-state index is 5.54. The number of hydrogen-bond acceptors (Lipinski definition) is 5. The number of rotatable bonds is 7. The molecule has 1 aliphatic heterocycles. The molecule has 136 valence electrons. The Labute approximate surface area is 149 Å². The van der Waals surface area contributed by atoms with Gasteiger partial charge in [-0.1, -0.05) is 6.07 Å². The Balaban J connectivity index is 1.67. The highest BCUT2D eigenvalue weighted by molar-refractivity contribution is 5.41. The number of aryl methyl sites for hydroxylation is 2. The number of hydrogen-bond donors (Lipinski definition) is 1. The first kappa shape index (κ1) is 17.8. The lowest BCUT2D eigenvalue weighted by Crippen LogP contribution is -2.35. The Bertz CT molecular complexity index is 693. The van der Waals surface area contributed by atoms with Gasteiger partial charge >= 0.3 is 0 Å². The molecule has 0 unspecified atom stereocenters. The first-order valence-electron chi connectivity index (χ1n) is 8.93. The zero-order valence-electron chi connectivity index (χ0n) is 15.4. The number of benzene rings is 1. The number of nitrogens with one attached hydrogen (secondary N) is 1. The Hall–Kier alpha value is -2.05. The van der Waals surface area contributed by atoms with Gasteiger partial charge in [-0.25, -0.2) is 0 Å². The summed E-state index contributed by atoms with van der Waals surface area (Å²) in [6.07, 6.45) is 0. The van der Waals surface area contributed by atoms with E-state index in [2.05, 4.69) is 53.4 Å². The maximum Gasteiger partial charge on any atom is 0.148 e. The van der Waals surface area contributed by atoms with Gasteiger partial charge in [-0.3, -0.25) is 9.58 Å². The SMILES string of the molecule is CCn1nc(NCc2ccc(OC)c(CN3CCOCC3)c2)cc1C. The molecule has 0 spiro atoms. The fourth-order valence-electron chi connectivity index (χ4n) is 3.17. The first-order valence-corrected chi connectivity index (χ1v) is 8.93. The second-order valence-electron chi connectivity index (χ2n) is 6.37. The molecule has 3 rings (SSSR count). The van der Waals surface area contributed by atoms with Gasteiger partial charge < -0.3 is 14.8 Å². The average molecular weight is 344 g/mol. The van der Waals surface area contributed by atoms with Crippen LogP contribution in [0.1, 0.15) is 23.7 Å². The van der Waals surface area contributed by atoms with E-state index in [-0.39, 0.29) is 0 Å². The molecule has 2 aromatic rings. The molecule has 0 aliphatic carbocycles. The summed E-state index contributed by atoms with van der Waals surface area (Å²) < 4.78 is 13.0. The fourth-order valence-corrected chi connectivity index (χ4v) is 3.17. The number of nitrogens with zero attached hydrogens (tertiary/aromatic N) is 3. The third-order valence-electron chi connectivity index (χ3n) is 4.60. The van der Waals surface area contributed by atoms with Crippen LogP contribution in [0.2, 0.25) is 0 Å². The Morgan fingerprint density at radius 3 is 2.72 bits per heavy atom. The van der Waals surface area contributed by atoms with E-state index in [1.165, 1.54) is 16.8 Å². The molecule has 6 heteroatoms. The van der Waals surface area contributed by atoms with Gasteiger partial charge in [-0.15, -0.1) is 0 Å².